The Balaban J connectivity index is 1.10. The molecule has 0 aliphatic carbocycles. The van der Waals surface area contributed by atoms with Crippen molar-refractivity contribution < 1.29 is 0 Å². The SMILES string of the molecule is c1ccc(-c2ccc(N(c3ccccc3)c3ccc4cc(-c5ccc6c(c5)c5ccccc5n6-c5ccccc5)ccc4c3)cc2)cc1. The van der Waals surface area contributed by atoms with Crippen LogP contribution >= 0.6 is 0 Å². The average Bonchev–Trinajstić information content (AvgIpc) is 3.50. The van der Waals surface area contributed by atoms with Crippen molar-refractivity contribution in [3.63, 3.8) is 0 Å². The summed E-state index contributed by atoms with van der Waals surface area (Å²) in [5, 5.41) is 4.95. The highest BCUT2D eigenvalue weighted by molar-refractivity contribution is 6.10. The average molecular weight is 613 g/mol. The molecule has 226 valence electrons. The summed E-state index contributed by atoms with van der Waals surface area (Å²) in [6.07, 6.45) is 0. The van der Waals surface area contributed by atoms with Crippen molar-refractivity contribution in [1.29, 1.82) is 0 Å². The van der Waals surface area contributed by atoms with Gasteiger partial charge in [-0.1, -0.05) is 121 Å². The Morgan fingerprint density at radius 2 is 0.833 bits per heavy atom. The lowest BCUT2D eigenvalue weighted by Gasteiger charge is -2.26. The molecule has 0 saturated carbocycles. The zero-order chi connectivity index (χ0) is 31.9. The van der Waals surface area contributed by atoms with Gasteiger partial charge in [0, 0.05) is 33.5 Å². The second-order valence-corrected chi connectivity index (χ2v) is 12.3. The van der Waals surface area contributed by atoms with Gasteiger partial charge in [0.05, 0.1) is 11.0 Å². The predicted octanol–water partition coefficient (Wildman–Crippen LogP) is 12.7. The van der Waals surface area contributed by atoms with Gasteiger partial charge in [-0.05, 0) is 106 Å². The number of fused-ring (bicyclic) bond motifs is 4. The summed E-state index contributed by atoms with van der Waals surface area (Å²) in [4.78, 5) is 2.33. The molecule has 0 atom stereocenters. The van der Waals surface area contributed by atoms with E-state index in [0.717, 1.165) is 17.1 Å². The van der Waals surface area contributed by atoms with E-state index in [9.17, 15) is 0 Å². The standard InChI is InChI=1S/C46H32N2/c1-4-12-33(13-5-1)34-22-26-41(27-23-34)47(39-14-6-2-7-15-39)42-28-24-36-30-35(20-21-37(36)31-42)38-25-29-46-44(32-38)43-18-10-11-19-45(43)48(46)40-16-8-3-9-17-40/h1-32H. The normalized spacial score (nSPS) is 11.3. The minimum absolute atomic E-state index is 1.12. The molecule has 9 aromatic rings. The molecule has 1 heterocycles. The third kappa shape index (κ3) is 4.92. The molecule has 2 nitrogen and oxygen atoms in total. The Kier molecular flexibility index (Phi) is 6.84. The lowest BCUT2D eigenvalue weighted by atomic mass is 9.99. The Labute approximate surface area is 280 Å². The van der Waals surface area contributed by atoms with Crippen LogP contribution in [0.1, 0.15) is 0 Å². The van der Waals surface area contributed by atoms with Gasteiger partial charge in [-0.2, -0.15) is 0 Å². The van der Waals surface area contributed by atoms with E-state index in [1.807, 2.05) is 0 Å². The van der Waals surface area contributed by atoms with E-state index >= 15 is 0 Å². The Morgan fingerprint density at radius 3 is 1.62 bits per heavy atom. The zero-order valence-electron chi connectivity index (χ0n) is 26.4. The second kappa shape index (κ2) is 11.8. The summed E-state index contributed by atoms with van der Waals surface area (Å²) in [6.45, 7) is 0. The van der Waals surface area contributed by atoms with Crippen LogP contribution in [-0.2, 0) is 0 Å². The van der Waals surface area contributed by atoms with Gasteiger partial charge >= 0.3 is 0 Å². The molecule has 0 radical (unpaired) electrons. The van der Waals surface area contributed by atoms with Crippen LogP contribution in [0, 0.1) is 0 Å². The molecule has 0 aliphatic heterocycles. The van der Waals surface area contributed by atoms with Crippen molar-refractivity contribution in [2.75, 3.05) is 4.90 Å². The van der Waals surface area contributed by atoms with E-state index in [2.05, 4.69) is 204 Å². The van der Waals surface area contributed by atoms with Crippen LogP contribution in [0.15, 0.2) is 194 Å². The van der Waals surface area contributed by atoms with Gasteiger partial charge in [0.25, 0.3) is 0 Å². The van der Waals surface area contributed by atoms with E-state index in [0.29, 0.717) is 0 Å². The minimum atomic E-state index is 1.12. The number of rotatable bonds is 6. The number of anilines is 3. The Bertz CT molecular complexity index is 2530. The highest BCUT2D eigenvalue weighted by atomic mass is 15.1. The van der Waals surface area contributed by atoms with Crippen LogP contribution in [0.25, 0.3) is 60.5 Å². The van der Waals surface area contributed by atoms with E-state index in [1.54, 1.807) is 0 Å². The van der Waals surface area contributed by atoms with Crippen LogP contribution in [0.5, 0.6) is 0 Å². The lowest BCUT2D eigenvalue weighted by Crippen LogP contribution is -2.09. The highest BCUT2D eigenvalue weighted by Gasteiger charge is 2.15. The molecule has 0 spiro atoms. The molecule has 0 saturated heterocycles. The summed E-state index contributed by atoms with van der Waals surface area (Å²) in [6, 6.07) is 69.8. The predicted molar refractivity (Wildman–Crippen MR) is 204 cm³/mol. The number of hydrogen-bond donors (Lipinski definition) is 0. The maximum absolute atomic E-state index is 2.37. The van der Waals surface area contributed by atoms with Crippen molar-refractivity contribution >= 4 is 49.6 Å². The van der Waals surface area contributed by atoms with Crippen molar-refractivity contribution in [3.05, 3.63) is 194 Å². The molecule has 9 rings (SSSR count). The molecule has 0 aliphatic rings. The highest BCUT2D eigenvalue weighted by Crippen LogP contribution is 2.39. The zero-order valence-corrected chi connectivity index (χ0v) is 26.4. The third-order valence-electron chi connectivity index (χ3n) is 9.35. The van der Waals surface area contributed by atoms with Gasteiger partial charge in [0.15, 0.2) is 0 Å². The van der Waals surface area contributed by atoms with Gasteiger partial charge in [-0.25, -0.2) is 0 Å². The van der Waals surface area contributed by atoms with Crippen molar-refractivity contribution in [3.8, 4) is 27.9 Å². The first-order valence-corrected chi connectivity index (χ1v) is 16.4. The molecular weight excluding hydrogens is 581 g/mol. The van der Waals surface area contributed by atoms with Crippen molar-refractivity contribution in [1.82, 2.24) is 4.57 Å². The summed E-state index contributed by atoms with van der Waals surface area (Å²) in [5.74, 6) is 0. The van der Waals surface area contributed by atoms with Gasteiger partial charge in [-0.3, -0.25) is 0 Å². The van der Waals surface area contributed by atoms with E-state index < -0.39 is 0 Å². The van der Waals surface area contributed by atoms with E-state index in [-0.39, 0.29) is 0 Å². The summed E-state index contributed by atoms with van der Waals surface area (Å²) in [7, 11) is 0. The summed E-state index contributed by atoms with van der Waals surface area (Å²) >= 11 is 0. The number of para-hydroxylation sites is 3. The van der Waals surface area contributed by atoms with Crippen LogP contribution < -0.4 is 4.90 Å². The van der Waals surface area contributed by atoms with Crippen molar-refractivity contribution in [2.45, 2.75) is 0 Å². The fourth-order valence-electron chi connectivity index (χ4n) is 7.02. The number of benzene rings is 8. The maximum Gasteiger partial charge on any atom is 0.0541 e. The molecule has 0 unspecified atom stereocenters. The molecule has 2 heteroatoms. The fourth-order valence-corrected chi connectivity index (χ4v) is 7.02. The van der Waals surface area contributed by atoms with Crippen LogP contribution in [-0.4, -0.2) is 4.57 Å². The van der Waals surface area contributed by atoms with E-state index in [1.165, 1.54) is 60.5 Å². The molecule has 48 heavy (non-hydrogen) atoms. The smallest absolute Gasteiger partial charge is 0.0541 e. The minimum Gasteiger partial charge on any atom is -0.310 e. The molecule has 0 N–H and O–H groups in total. The second-order valence-electron chi connectivity index (χ2n) is 12.3. The summed E-state index contributed by atoms with van der Waals surface area (Å²) < 4.78 is 2.37. The van der Waals surface area contributed by atoms with Gasteiger partial charge in [-0.15, -0.1) is 0 Å². The topological polar surface area (TPSA) is 8.17 Å². The Morgan fingerprint density at radius 1 is 0.312 bits per heavy atom. The first-order valence-electron chi connectivity index (χ1n) is 16.4. The maximum atomic E-state index is 2.37. The molecule has 0 amide bonds. The molecule has 0 bridgehead atoms. The van der Waals surface area contributed by atoms with Crippen LogP contribution in [0.4, 0.5) is 17.1 Å². The third-order valence-corrected chi connectivity index (χ3v) is 9.35. The van der Waals surface area contributed by atoms with Crippen molar-refractivity contribution in [2.24, 2.45) is 0 Å². The Hall–Kier alpha value is -6.38. The lowest BCUT2D eigenvalue weighted by molar-refractivity contribution is 1.18. The van der Waals surface area contributed by atoms with E-state index in [4.69, 9.17) is 0 Å². The molecular formula is C46H32N2. The number of hydrogen-bond acceptors (Lipinski definition) is 1. The van der Waals surface area contributed by atoms with Gasteiger partial charge < -0.3 is 9.47 Å². The monoisotopic (exact) mass is 612 g/mol. The van der Waals surface area contributed by atoms with Crippen LogP contribution in [0.3, 0.4) is 0 Å². The first-order chi connectivity index (χ1) is 23.8. The number of aromatic nitrogens is 1. The first kappa shape index (κ1) is 27.9. The fraction of sp³-hybridized carbons (Fsp3) is 0. The molecule has 8 aromatic carbocycles. The number of nitrogens with zero attached hydrogens (tertiary/aromatic N) is 2. The van der Waals surface area contributed by atoms with Gasteiger partial charge in [0.2, 0.25) is 0 Å². The quantitative estimate of drug-likeness (QED) is 0.181. The largest absolute Gasteiger partial charge is 0.310 e. The molecule has 1 aromatic heterocycles. The molecule has 0 fully saturated rings. The summed E-state index contributed by atoms with van der Waals surface area (Å²) in [5.41, 5.74) is 11.9. The van der Waals surface area contributed by atoms with Gasteiger partial charge in [0.1, 0.15) is 0 Å². The van der Waals surface area contributed by atoms with Crippen LogP contribution in [0.2, 0.25) is 0 Å².